The summed E-state index contributed by atoms with van der Waals surface area (Å²) in [5, 5.41) is 0. The molecule has 1 aliphatic rings. The predicted molar refractivity (Wildman–Crippen MR) is 140 cm³/mol. The summed E-state index contributed by atoms with van der Waals surface area (Å²) < 4.78 is 0. The summed E-state index contributed by atoms with van der Waals surface area (Å²) >= 11 is 0. The van der Waals surface area contributed by atoms with E-state index in [2.05, 4.69) is 86.8 Å². The second-order valence-corrected chi connectivity index (χ2v) is 9.60. The Morgan fingerprint density at radius 2 is 1.43 bits per heavy atom. The van der Waals surface area contributed by atoms with Crippen LogP contribution in [0.1, 0.15) is 103 Å². The van der Waals surface area contributed by atoms with Gasteiger partial charge in [0.05, 0.1) is 0 Å². The van der Waals surface area contributed by atoms with Gasteiger partial charge < -0.3 is 0 Å². The predicted octanol–water partition coefficient (Wildman–Crippen LogP) is 10.1. The van der Waals surface area contributed by atoms with Crippen LogP contribution in [-0.4, -0.2) is 0 Å². The Labute approximate surface area is 188 Å². The van der Waals surface area contributed by atoms with Gasteiger partial charge in [-0.2, -0.15) is 0 Å². The highest BCUT2D eigenvalue weighted by molar-refractivity contribution is 5.72. The average molecular weight is 409 g/mol. The highest BCUT2D eigenvalue weighted by Gasteiger charge is 2.14. The van der Waals surface area contributed by atoms with E-state index in [1.807, 2.05) is 20.8 Å². The highest BCUT2D eigenvalue weighted by Crippen LogP contribution is 2.34. The van der Waals surface area contributed by atoms with Crippen LogP contribution in [0.25, 0.3) is 5.57 Å². The number of rotatable bonds is 3. The van der Waals surface area contributed by atoms with Crippen LogP contribution in [0.4, 0.5) is 0 Å². The zero-order valence-corrected chi connectivity index (χ0v) is 22.0. The highest BCUT2D eigenvalue weighted by atomic mass is 14.2. The average Bonchev–Trinajstić information content (AvgIpc) is 2.66. The molecule has 1 aromatic rings. The van der Waals surface area contributed by atoms with Crippen LogP contribution < -0.4 is 0 Å². The van der Waals surface area contributed by atoms with E-state index in [1.165, 1.54) is 53.5 Å². The van der Waals surface area contributed by atoms with E-state index in [1.54, 1.807) is 11.1 Å². The molecule has 30 heavy (non-hydrogen) atoms. The van der Waals surface area contributed by atoms with Crippen molar-refractivity contribution in [2.24, 2.45) is 5.41 Å². The summed E-state index contributed by atoms with van der Waals surface area (Å²) in [6.07, 6.45) is 7.41. The first-order valence-electron chi connectivity index (χ1n) is 11.6. The standard InChI is InChI=1S/C16H22.C12H20.C2H6/c1-11-9-13(3)14(4)16(10-11)15-8-6-5-7-12(15)2;1-9(2)10(3)8-11(4)12(5,6)7;1-2/h9-10H,5-8H2,1-4H3;8H,1,3H2,2,4-7H3;1-2H3/b;11-8+;. The molecule has 0 saturated carbocycles. The lowest BCUT2D eigenvalue weighted by Gasteiger charge is -2.21. The first-order valence-corrected chi connectivity index (χ1v) is 11.6. The van der Waals surface area contributed by atoms with Crippen molar-refractivity contribution in [3.8, 4) is 0 Å². The van der Waals surface area contributed by atoms with Crippen LogP contribution in [0.3, 0.4) is 0 Å². The molecule has 0 aliphatic heterocycles. The van der Waals surface area contributed by atoms with Crippen LogP contribution in [0.2, 0.25) is 0 Å². The molecule has 0 saturated heterocycles. The first-order chi connectivity index (χ1) is 13.8. The Hall–Kier alpha value is -1.82. The molecule has 0 aromatic heterocycles. The lowest BCUT2D eigenvalue weighted by atomic mass is 9.84. The minimum Gasteiger partial charge on any atom is -0.0955 e. The molecule has 0 heterocycles. The maximum absolute atomic E-state index is 3.93. The molecule has 0 amide bonds. The number of benzene rings is 1. The Bertz CT molecular complexity index is 788. The Kier molecular flexibility index (Phi) is 12.0. The zero-order chi connectivity index (χ0) is 23.6. The van der Waals surface area contributed by atoms with E-state index in [0.717, 1.165) is 11.1 Å². The van der Waals surface area contributed by atoms with Gasteiger partial charge >= 0.3 is 0 Å². The number of aryl methyl sites for hydroxylation is 2. The third-order valence-corrected chi connectivity index (χ3v) is 6.00. The van der Waals surface area contributed by atoms with Gasteiger partial charge in [0.25, 0.3) is 0 Å². The molecule has 0 radical (unpaired) electrons. The third kappa shape index (κ3) is 8.90. The van der Waals surface area contributed by atoms with Gasteiger partial charge in [0.1, 0.15) is 0 Å². The molecular weight excluding hydrogens is 360 g/mol. The Morgan fingerprint density at radius 3 is 1.90 bits per heavy atom. The van der Waals surface area contributed by atoms with Crippen molar-refractivity contribution < 1.29 is 0 Å². The van der Waals surface area contributed by atoms with Gasteiger partial charge in [0.15, 0.2) is 0 Å². The van der Waals surface area contributed by atoms with Crippen LogP contribution in [0.15, 0.2) is 53.7 Å². The second-order valence-electron chi connectivity index (χ2n) is 9.60. The summed E-state index contributed by atoms with van der Waals surface area (Å²) in [4.78, 5) is 0. The molecule has 1 aromatic carbocycles. The van der Waals surface area contributed by atoms with Gasteiger partial charge in [-0.15, -0.1) is 0 Å². The van der Waals surface area contributed by atoms with E-state index in [4.69, 9.17) is 0 Å². The molecule has 0 atom stereocenters. The van der Waals surface area contributed by atoms with Crippen molar-refractivity contribution in [3.63, 3.8) is 0 Å². The van der Waals surface area contributed by atoms with Crippen LogP contribution in [-0.2, 0) is 0 Å². The van der Waals surface area contributed by atoms with E-state index in [0.29, 0.717) is 0 Å². The topological polar surface area (TPSA) is 0 Å². The summed E-state index contributed by atoms with van der Waals surface area (Å²) in [6, 6.07) is 4.66. The van der Waals surface area contributed by atoms with Crippen LogP contribution >= 0.6 is 0 Å². The number of allylic oxidation sites excluding steroid dienone is 6. The lowest BCUT2D eigenvalue weighted by Crippen LogP contribution is -2.06. The summed E-state index contributed by atoms with van der Waals surface area (Å²) in [6.45, 7) is 31.5. The molecule has 2 rings (SSSR count). The summed E-state index contributed by atoms with van der Waals surface area (Å²) in [5.74, 6) is 0. The molecule has 0 spiro atoms. The van der Waals surface area contributed by atoms with Gasteiger partial charge in [0.2, 0.25) is 0 Å². The molecule has 0 heteroatoms. The molecule has 0 fully saturated rings. The van der Waals surface area contributed by atoms with Crippen molar-refractivity contribution in [3.05, 3.63) is 75.9 Å². The normalized spacial score (nSPS) is 14.3. The van der Waals surface area contributed by atoms with E-state index >= 15 is 0 Å². The minimum atomic E-state index is 0.235. The van der Waals surface area contributed by atoms with E-state index in [-0.39, 0.29) is 5.41 Å². The van der Waals surface area contributed by atoms with Gasteiger partial charge in [-0.3, -0.25) is 0 Å². The van der Waals surface area contributed by atoms with Crippen molar-refractivity contribution in [1.82, 2.24) is 0 Å². The van der Waals surface area contributed by atoms with Gasteiger partial charge in [-0.05, 0) is 100 Å². The largest absolute Gasteiger partial charge is 0.0955 e. The molecule has 0 unspecified atom stereocenters. The smallest absolute Gasteiger partial charge is 0.0172 e. The Morgan fingerprint density at radius 1 is 0.900 bits per heavy atom. The van der Waals surface area contributed by atoms with Crippen molar-refractivity contribution in [2.45, 2.75) is 102 Å². The summed E-state index contributed by atoms with van der Waals surface area (Å²) in [7, 11) is 0. The summed E-state index contributed by atoms with van der Waals surface area (Å²) in [5.41, 5.74) is 12.7. The molecule has 0 N–H and O–H groups in total. The minimum absolute atomic E-state index is 0.235. The Balaban J connectivity index is 0.000000540. The zero-order valence-electron chi connectivity index (χ0n) is 22.0. The monoisotopic (exact) mass is 408 g/mol. The second kappa shape index (κ2) is 12.8. The maximum atomic E-state index is 3.93. The third-order valence-electron chi connectivity index (χ3n) is 6.00. The van der Waals surface area contributed by atoms with Gasteiger partial charge in [0, 0.05) is 0 Å². The van der Waals surface area contributed by atoms with Gasteiger partial charge in [-0.1, -0.05) is 88.3 Å². The van der Waals surface area contributed by atoms with Crippen molar-refractivity contribution >= 4 is 5.57 Å². The van der Waals surface area contributed by atoms with Crippen molar-refractivity contribution in [2.75, 3.05) is 0 Å². The SMILES string of the molecule is C=C(C)C(=C)/C=C(\C)C(C)(C)C.CC.CC1=C(c2cc(C)cc(C)c2C)CCCC1. The van der Waals surface area contributed by atoms with Gasteiger partial charge in [-0.25, -0.2) is 0 Å². The fourth-order valence-corrected chi connectivity index (χ4v) is 3.38. The van der Waals surface area contributed by atoms with E-state index < -0.39 is 0 Å². The first kappa shape index (κ1) is 28.2. The van der Waals surface area contributed by atoms with Crippen LogP contribution in [0.5, 0.6) is 0 Å². The quantitative estimate of drug-likeness (QED) is 0.436. The fraction of sp³-hybridized carbons (Fsp3) is 0.533. The number of hydrogen-bond donors (Lipinski definition) is 0. The maximum Gasteiger partial charge on any atom is -0.0172 e. The fourth-order valence-electron chi connectivity index (χ4n) is 3.38. The van der Waals surface area contributed by atoms with Crippen LogP contribution in [0, 0.1) is 26.2 Å². The van der Waals surface area contributed by atoms with Crippen molar-refractivity contribution in [1.29, 1.82) is 0 Å². The molecular formula is C30H48. The molecule has 0 nitrogen and oxygen atoms in total. The molecule has 0 bridgehead atoms. The molecule has 168 valence electrons. The van der Waals surface area contributed by atoms with E-state index in [9.17, 15) is 0 Å². The molecule has 1 aliphatic carbocycles. The lowest BCUT2D eigenvalue weighted by molar-refractivity contribution is 0.504. The number of hydrogen-bond acceptors (Lipinski definition) is 0.